The first-order chi connectivity index (χ1) is 15.8. The van der Waals surface area contributed by atoms with E-state index < -0.39 is 17.7 Å². The Morgan fingerprint density at radius 2 is 1.88 bits per heavy atom. The molecule has 2 aromatic carbocycles. The van der Waals surface area contributed by atoms with Gasteiger partial charge in [-0.25, -0.2) is 0 Å². The number of aliphatic hydroxyl groups excluding tert-OH is 1. The van der Waals surface area contributed by atoms with Crippen molar-refractivity contribution in [3.63, 3.8) is 0 Å². The van der Waals surface area contributed by atoms with E-state index in [1.165, 1.54) is 12.0 Å². The van der Waals surface area contributed by atoms with Gasteiger partial charge in [0.15, 0.2) is 17.3 Å². The van der Waals surface area contributed by atoms with Crippen molar-refractivity contribution in [2.75, 3.05) is 18.6 Å². The highest BCUT2D eigenvalue weighted by atomic mass is 79.9. The number of anilines is 1. The first kappa shape index (κ1) is 22.6. The largest absolute Gasteiger partial charge is 0.507 e. The van der Waals surface area contributed by atoms with Crippen LogP contribution in [0.2, 0.25) is 0 Å². The molecule has 0 bridgehead atoms. The van der Waals surface area contributed by atoms with Crippen molar-refractivity contribution in [3.05, 3.63) is 75.5 Å². The second-order valence-electron chi connectivity index (χ2n) is 7.32. The molecule has 1 amide bonds. The van der Waals surface area contributed by atoms with Crippen molar-refractivity contribution in [2.24, 2.45) is 0 Å². The van der Waals surface area contributed by atoms with Crippen molar-refractivity contribution in [1.29, 1.82) is 0 Å². The van der Waals surface area contributed by atoms with Gasteiger partial charge in [0.2, 0.25) is 0 Å². The van der Waals surface area contributed by atoms with Crippen LogP contribution in [0, 0.1) is 6.92 Å². The molecule has 1 aliphatic rings. The Bertz CT molecular complexity index is 1250. The normalized spacial score (nSPS) is 17.5. The van der Waals surface area contributed by atoms with Gasteiger partial charge in [-0.2, -0.15) is 0 Å². The Hall–Kier alpha value is -3.59. The van der Waals surface area contributed by atoms with Crippen LogP contribution in [0.25, 0.3) is 5.76 Å². The van der Waals surface area contributed by atoms with Crippen molar-refractivity contribution in [1.82, 2.24) is 5.16 Å². The van der Waals surface area contributed by atoms with E-state index >= 15 is 0 Å². The van der Waals surface area contributed by atoms with E-state index in [-0.39, 0.29) is 17.2 Å². The molecule has 33 heavy (non-hydrogen) atoms. The molecule has 1 aromatic heterocycles. The number of hydrogen-bond donors (Lipinski definition) is 1. The smallest absolute Gasteiger partial charge is 0.301 e. The van der Waals surface area contributed by atoms with Gasteiger partial charge in [-0.15, -0.1) is 0 Å². The van der Waals surface area contributed by atoms with Crippen LogP contribution in [0.1, 0.15) is 29.9 Å². The van der Waals surface area contributed by atoms with Gasteiger partial charge in [-0.1, -0.05) is 39.3 Å². The molecular weight excluding hydrogens is 492 g/mol. The minimum atomic E-state index is -0.956. The van der Waals surface area contributed by atoms with Gasteiger partial charge in [0, 0.05) is 16.1 Å². The average molecular weight is 513 g/mol. The fourth-order valence-electron chi connectivity index (χ4n) is 3.74. The fraction of sp³-hybridized carbons (Fsp3) is 0.208. The molecule has 1 unspecified atom stereocenters. The molecular formula is C24H21BrN2O6. The number of carbonyl (C=O) groups excluding carboxylic acids is 2. The fourth-order valence-corrected chi connectivity index (χ4v) is 4.01. The number of hydrogen-bond acceptors (Lipinski definition) is 7. The van der Waals surface area contributed by atoms with E-state index in [1.807, 2.05) is 6.92 Å². The maximum Gasteiger partial charge on any atom is 0.301 e. The van der Waals surface area contributed by atoms with E-state index in [0.29, 0.717) is 35.0 Å². The van der Waals surface area contributed by atoms with Crippen LogP contribution in [0.4, 0.5) is 5.82 Å². The van der Waals surface area contributed by atoms with Gasteiger partial charge in [-0.05, 0) is 43.7 Å². The Morgan fingerprint density at radius 3 is 2.48 bits per heavy atom. The molecule has 1 aliphatic heterocycles. The van der Waals surface area contributed by atoms with Crippen LogP contribution >= 0.6 is 15.9 Å². The first-order valence-electron chi connectivity index (χ1n) is 10.2. The summed E-state index contributed by atoms with van der Waals surface area (Å²) in [6, 6.07) is 12.5. The van der Waals surface area contributed by atoms with Gasteiger partial charge >= 0.3 is 5.91 Å². The monoisotopic (exact) mass is 512 g/mol. The summed E-state index contributed by atoms with van der Waals surface area (Å²) >= 11 is 3.35. The topological polar surface area (TPSA) is 102 Å². The number of aryl methyl sites for hydroxylation is 1. The second-order valence-corrected chi connectivity index (χ2v) is 8.23. The summed E-state index contributed by atoms with van der Waals surface area (Å²) in [5, 5.41) is 15.1. The zero-order chi connectivity index (χ0) is 23.7. The minimum absolute atomic E-state index is 0.0609. The number of halogens is 1. The second kappa shape index (κ2) is 9.11. The zero-order valence-corrected chi connectivity index (χ0v) is 19.8. The van der Waals surface area contributed by atoms with Crippen LogP contribution < -0.4 is 14.4 Å². The molecule has 0 saturated carbocycles. The highest BCUT2D eigenvalue weighted by molar-refractivity contribution is 9.10. The Balaban J connectivity index is 1.93. The van der Waals surface area contributed by atoms with Crippen LogP contribution in [0.3, 0.4) is 0 Å². The third kappa shape index (κ3) is 4.11. The molecule has 9 heteroatoms. The summed E-state index contributed by atoms with van der Waals surface area (Å²) in [6.45, 7) is 3.98. The van der Waals surface area contributed by atoms with E-state index in [0.717, 1.165) is 4.47 Å². The third-order valence-corrected chi connectivity index (χ3v) is 5.76. The molecule has 4 rings (SSSR count). The number of aliphatic hydroxyl groups is 1. The third-order valence-electron chi connectivity index (χ3n) is 5.23. The van der Waals surface area contributed by atoms with E-state index in [1.54, 1.807) is 55.5 Å². The zero-order valence-electron chi connectivity index (χ0n) is 18.2. The lowest BCUT2D eigenvalue weighted by molar-refractivity contribution is -0.132. The Labute approximate surface area is 198 Å². The molecule has 2 heterocycles. The highest BCUT2D eigenvalue weighted by Gasteiger charge is 2.48. The average Bonchev–Trinajstić information content (AvgIpc) is 3.35. The number of carbonyl (C=O) groups is 2. The van der Waals surface area contributed by atoms with Crippen LogP contribution in [-0.4, -0.2) is 35.7 Å². The van der Waals surface area contributed by atoms with E-state index in [4.69, 9.17) is 14.0 Å². The van der Waals surface area contributed by atoms with Gasteiger partial charge in [0.1, 0.15) is 11.5 Å². The SMILES string of the molecule is CCOc1ccc(C2/C(=C(\O)c3ccc(Br)cc3)C(=O)C(=O)N2c2cc(C)on2)cc1OC. The number of aromatic nitrogens is 1. The van der Waals surface area contributed by atoms with Crippen LogP contribution in [-0.2, 0) is 9.59 Å². The van der Waals surface area contributed by atoms with E-state index in [9.17, 15) is 14.7 Å². The van der Waals surface area contributed by atoms with Gasteiger partial charge < -0.3 is 19.1 Å². The molecule has 0 spiro atoms. The maximum absolute atomic E-state index is 13.2. The summed E-state index contributed by atoms with van der Waals surface area (Å²) in [5.74, 6) is -0.342. The molecule has 8 nitrogen and oxygen atoms in total. The predicted octanol–water partition coefficient (Wildman–Crippen LogP) is 4.78. The number of Topliss-reactive ketones (excluding diaryl/α,β-unsaturated/α-hetero) is 1. The number of amides is 1. The predicted molar refractivity (Wildman–Crippen MR) is 124 cm³/mol. The molecule has 3 aromatic rings. The van der Waals surface area contributed by atoms with Gasteiger partial charge in [0.25, 0.3) is 5.78 Å². The summed E-state index contributed by atoms with van der Waals surface area (Å²) in [6.07, 6.45) is 0. The van der Waals surface area contributed by atoms with Crippen LogP contribution in [0.5, 0.6) is 11.5 Å². The highest BCUT2D eigenvalue weighted by Crippen LogP contribution is 2.44. The van der Waals surface area contributed by atoms with Crippen molar-refractivity contribution in [3.8, 4) is 11.5 Å². The first-order valence-corrected chi connectivity index (χ1v) is 11.0. The molecule has 0 radical (unpaired) electrons. The number of ether oxygens (including phenoxy) is 2. The summed E-state index contributed by atoms with van der Waals surface area (Å²) in [7, 11) is 1.50. The molecule has 1 N–H and O–H groups in total. The molecule has 0 aliphatic carbocycles. The molecule has 170 valence electrons. The Kier molecular flexibility index (Phi) is 6.24. The molecule has 1 atom stereocenters. The number of rotatable bonds is 6. The number of benzene rings is 2. The lowest BCUT2D eigenvalue weighted by Crippen LogP contribution is -2.29. The lowest BCUT2D eigenvalue weighted by atomic mass is 9.95. The van der Waals surface area contributed by atoms with Gasteiger partial charge in [-0.3, -0.25) is 14.5 Å². The quantitative estimate of drug-likeness (QED) is 0.288. The number of nitrogens with zero attached hydrogens (tertiary/aromatic N) is 2. The standard InChI is InChI=1S/C24H21BrN2O6/c1-4-32-17-10-7-15(12-18(17)31-3)21-20(22(28)14-5-8-16(25)9-6-14)23(29)24(30)27(21)19-11-13(2)33-26-19/h5-12,21,28H,4H2,1-3H3/b22-20+. The van der Waals surface area contributed by atoms with E-state index in [2.05, 4.69) is 21.1 Å². The van der Waals surface area contributed by atoms with Crippen molar-refractivity contribution < 1.29 is 28.7 Å². The maximum atomic E-state index is 13.2. The summed E-state index contributed by atoms with van der Waals surface area (Å²) in [5.41, 5.74) is 0.874. The number of ketones is 1. The molecule has 1 saturated heterocycles. The Morgan fingerprint density at radius 1 is 1.15 bits per heavy atom. The summed E-state index contributed by atoms with van der Waals surface area (Å²) < 4.78 is 17.0. The molecule has 1 fully saturated rings. The van der Waals surface area contributed by atoms with Crippen LogP contribution in [0.15, 0.2) is 63.1 Å². The lowest BCUT2D eigenvalue weighted by Gasteiger charge is -2.23. The summed E-state index contributed by atoms with van der Waals surface area (Å²) in [4.78, 5) is 27.5. The van der Waals surface area contributed by atoms with Gasteiger partial charge in [0.05, 0.1) is 25.3 Å². The van der Waals surface area contributed by atoms with Crippen molar-refractivity contribution in [2.45, 2.75) is 19.9 Å². The minimum Gasteiger partial charge on any atom is -0.507 e. The number of methoxy groups -OCH3 is 1. The van der Waals surface area contributed by atoms with Crippen molar-refractivity contribution >= 4 is 39.2 Å².